The Kier molecular flexibility index (Phi) is 3.74. The van der Waals surface area contributed by atoms with Gasteiger partial charge >= 0.3 is 0 Å². The summed E-state index contributed by atoms with van der Waals surface area (Å²) in [6.07, 6.45) is -0.0603. The van der Waals surface area contributed by atoms with E-state index in [1.165, 1.54) is 0 Å². The van der Waals surface area contributed by atoms with Gasteiger partial charge in [0.2, 0.25) is 0 Å². The average molecular weight is 304 g/mol. The third-order valence-electron chi connectivity index (χ3n) is 3.31. The lowest BCUT2D eigenvalue weighted by atomic mass is 10.0. The Balaban J connectivity index is 1.88. The van der Waals surface area contributed by atoms with Gasteiger partial charge in [-0.1, -0.05) is 29.8 Å². The Morgan fingerprint density at radius 3 is 2.85 bits per heavy atom. The van der Waals surface area contributed by atoms with E-state index in [2.05, 4.69) is 4.98 Å². The number of aromatic nitrogens is 1. The summed E-state index contributed by atoms with van der Waals surface area (Å²) < 4.78 is 1.15. The molecule has 0 saturated carbocycles. The van der Waals surface area contributed by atoms with Crippen LogP contribution in [-0.2, 0) is 6.42 Å². The lowest BCUT2D eigenvalue weighted by Gasteiger charge is -2.12. The number of aliphatic hydroxyl groups excluding tert-OH is 1. The molecule has 1 aromatic heterocycles. The number of benzene rings is 2. The predicted molar refractivity (Wildman–Crippen MR) is 84.5 cm³/mol. The zero-order chi connectivity index (χ0) is 14.1. The highest BCUT2D eigenvalue weighted by molar-refractivity contribution is 7.18. The molecule has 2 nitrogen and oxygen atoms in total. The Labute approximate surface area is 126 Å². The van der Waals surface area contributed by atoms with E-state index in [0.29, 0.717) is 11.4 Å². The first-order valence-corrected chi connectivity index (χ1v) is 7.61. The SMILES string of the molecule is Cc1ccc(Cl)cc1C(O)Cc1nc2ccccc2s1. The average Bonchev–Trinajstić information content (AvgIpc) is 2.83. The van der Waals surface area contributed by atoms with Crippen LogP contribution in [0.15, 0.2) is 42.5 Å². The van der Waals surface area contributed by atoms with Crippen LogP contribution in [0, 0.1) is 6.92 Å². The molecule has 0 aliphatic rings. The van der Waals surface area contributed by atoms with Gasteiger partial charge in [-0.25, -0.2) is 4.98 Å². The lowest BCUT2D eigenvalue weighted by Crippen LogP contribution is -2.03. The van der Waals surface area contributed by atoms with Crippen molar-refractivity contribution in [1.29, 1.82) is 0 Å². The van der Waals surface area contributed by atoms with Crippen LogP contribution in [0.2, 0.25) is 5.02 Å². The summed E-state index contributed by atoms with van der Waals surface area (Å²) in [5.74, 6) is 0. The molecule has 0 bridgehead atoms. The zero-order valence-electron chi connectivity index (χ0n) is 11.0. The predicted octanol–water partition coefficient (Wildman–Crippen LogP) is 4.53. The standard InChI is InChI=1S/C16H14ClNOS/c1-10-6-7-11(17)8-12(10)14(19)9-16-18-13-4-2-3-5-15(13)20-16/h2-8,14,19H,9H2,1H3. The van der Waals surface area contributed by atoms with Gasteiger partial charge in [-0.15, -0.1) is 11.3 Å². The molecule has 1 unspecified atom stereocenters. The summed E-state index contributed by atoms with van der Waals surface area (Å²) in [6.45, 7) is 1.98. The highest BCUT2D eigenvalue weighted by atomic mass is 35.5. The molecule has 3 aromatic rings. The van der Waals surface area contributed by atoms with Crippen molar-refractivity contribution < 1.29 is 5.11 Å². The molecule has 1 N–H and O–H groups in total. The van der Waals surface area contributed by atoms with Crippen molar-refractivity contribution in [3.8, 4) is 0 Å². The number of hydrogen-bond donors (Lipinski definition) is 1. The first kappa shape index (κ1) is 13.6. The van der Waals surface area contributed by atoms with E-state index in [1.807, 2.05) is 49.4 Å². The highest BCUT2D eigenvalue weighted by Gasteiger charge is 2.14. The Morgan fingerprint density at radius 2 is 2.05 bits per heavy atom. The van der Waals surface area contributed by atoms with Crippen molar-refractivity contribution in [2.45, 2.75) is 19.4 Å². The largest absolute Gasteiger partial charge is 0.388 e. The smallest absolute Gasteiger partial charge is 0.0967 e. The first-order valence-electron chi connectivity index (χ1n) is 6.42. The summed E-state index contributed by atoms with van der Waals surface area (Å²) in [5.41, 5.74) is 2.90. The molecule has 102 valence electrons. The number of para-hydroxylation sites is 1. The number of halogens is 1. The van der Waals surface area contributed by atoms with E-state index < -0.39 is 6.10 Å². The van der Waals surface area contributed by atoms with Crippen molar-refractivity contribution >= 4 is 33.2 Å². The number of aryl methyl sites for hydroxylation is 1. The lowest BCUT2D eigenvalue weighted by molar-refractivity contribution is 0.177. The Hall–Kier alpha value is -1.42. The van der Waals surface area contributed by atoms with Crippen LogP contribution < -0.4 is 0 Å². The fraction of sp³-hybridized carbons (Fsp3) is 0.188. The van der Waals surface area contributed by atoms with E-state index in [1.54, 1.807) is 11.3 Å². The highest BCUT2D eigenvalue weighted by Crippen LogP contribution is 2.28. The van der Waals surface area contributed by atoms with E-state index in [4.69, 9.17) is 11.6 Å². The van der Waals surface area contributed by atoms with Crippen molar-refractivity contribution in [3.05, 3.63) is 63.6 Å². The summed E-state index contributed by atoms with van der Waals surface area (Å²) in [7, 11) is 0. The fourth-order valence-electron chi connectivity index (χ4n) is 2.25. The van der Waals surface area contributed by atoms with Crippen molar-refractivity contribution in [1.82, 2.24) is 4.98 Å². The fourth-order valence-corrected chi connectivity index (χ4v) is 3.44. The van der Waals surface area contributed by atoms with Crippen molar-refractivity contribution in [2.24, 2.45) is 0 Å². The number of fused-ring (bicyclic) bond motifs is 1. The van der Waals surface area contributed by atoms with E-state index in [0.717, 1.165) is 26.4 Å². The van der Waals surface area contributed by atoms with E-state index in [-0.39, 0.29) is 0 Å². The summed E-state index contributed by atoms with van der Waals surface area (Å²) >= 11 is 7.63. The summed E-state index contributed by atoms with van der Waals surface area (Å²) in [4.78, 5) is 4.56. The van der Waals surface area contributed by atoms with Crippen LogP contribution in [-0.4, -0.2) is 10.1 Å². The van der Waals surface area contributed by atoms with Crippen LogP contribution in [0.5, 0.6) is 0 Å². The molecule has 0 aliphatic carbocycles. The molecule has 1 heterocycles. The van der Waals surface area contributed by atoms with Crippen molar-refractivity contribution in [2.75, 3.05) is 0 Å². The third-order valence-corrected chi connectivity index (χ3v) is 4.60. The normalized spacial score (nSPS) is 12.8. The summed E-state index contributed by atoms with van der Waals surface area (Å²) in [5, 5.41) is 12.0. The maximum absolute atomic E-state index is 10.4. The molecule has 0 aliphatic heterocycles. The second-order valence-corrected chi connectivity index (χ2v) is 6.35. The van der Waals surface area contributed by atoms with Gasteiger partial charge in [-0.3, -0.25) is 0 Å². The minimum Gasteiger partial charge on any atom is -0.388 e. The maximum Gasteiger partial charge on any atom is 0.0967 e. The minimum absolute atomic E-state index is 0.514. The topological polar surface area (TPSA) is 33.1 Å². The third kappa shape index (κ3) is 2.70. The molecule has 0 fully saturated rings. The number of aliphatic hydroxyl groups is 1. The molecule has 1 atom stereocenters. The number of nitrogens with zero attached hydrogens (tertiary/aromatic N) is 1. The van der Waals surface area contributed by atoms with Crippen LogP contribution in [0.4, 0.5) is 0 Å². The van der Waals surface area contributed by atoms with Crippen LogP contribution in [0.1, 0.15) is 22.2 Å². The molecule has 0 amide bonds. The van der Waals surface area contributed by atoms with Gasteiger partial charge in [0.1, 0.15) is 0 Å². The van der Waals surface area contributed by atoms with E-state index >= 15 is 0 Å². The van der Waals surface area contributed by atoms with Gasteiger partial charge in [0.25, 0.3) is 0 Å². The molecular formula is C16H14ClNOS. The van der Waals surface area contributed by atoms with Crippen molar-refractivity contribution in [3.63, 3.8) is 0 Å². The summed E-state index contributed by atoms with van der Waals surface area (Å²) in [6, 6.07) is 13.6. The molecule has 0 saturated heterocycles. The molecule has 0 spiro atoms. The second kappa shape index (κ2) is 5.52. The molecular weight excluding hydrogens is 290 g/mol. The Bertz CT molecular complexity index is 720. The Morgan fingerprint density at radius 1 is 1.25 bits per heavy atom. The minimum atomic E-state index is -0.575. The zero-order valence-corrected chi connectivity index (χ0v) is 12.6. The number of thiazole rings is 1. The quantitative estimate of drug-likeness (QED) is 0.771. The number of rotatable bonds is 3. The van der Waals surface area contributed by atoms with Gasteiger partial charge in [0, 0.05) is 11.4 Å². The van der Waals surface area contributed by atoms with Gasteiger partial charge < -0.3 is 5.11 Å². The van der Waals surface area contributed by atoms with Gasteiger partial charge in [-0.2, -0.15) is 0 Å². The van der Waals surface area contributed by atoms with E-state index in [9.17, 15) is 5.11 Å². The molecule has 20 heavy (non-hydrogen) atoms. The van der Waals surface area contributed by atoms with Crippen LogP contribution >= 0.6 is 22.9 Å². The van der Waals surface area contributed by atoms with Crippen LogP contribution in [0.25, 0.3) is 10.2 Å². The first-order chi connectivity index (χ1) is 9.63. The second-order valence-electron chi connectivity index (χ2n) is 4.80. The van der Waals surface area contributed by atoms with Crippen LogP contribution in [0.3, 0.4) is 0 Å². The van der Waals surface area contributed by atoms with Gasteiger partial charge in [-0.05, 0) is 42.3 Å². The van der Waals surface area contributed by atoms with Gasteiger partial charge in [0.05, 0.1) is 21.3 Å². The number of hydrogen-bond acceptors (Lipinski definition) is 3. The molecule has 0 radical (unpaired) electrons. The monoisotopic (exact) mass is 303 g/mol. The molecule has 2 aromatic carbocycles. The molecule has 4 heteroatoms. The molecule has 3 rings (SSSR count). The van der Waals surface area contributed by atoms with Gasteiger partial charge in [0.15, 0.2) is 0 Å². The maximum atomic E-state index is 10.4.